The fourth-order valence-electron chi connectivity index (χ4n) is 2.33. The number of halogens is 1. The summed E-state index contributed by atoms with van der Waals surface area (Å²) in [5, 5.41) is 5.78. The summed E-state index contributed by atoms with van der Waals surface area (Å²) < 4.78 is 2.52. The maximum absolute atomic E-state index is 6.05. The Morgan fingerprint density at radius 3 is 2.72 bits per heavy atom. The van der Waals surface area contributed by atoms with Gasteiger partial charge in [0, 0.05) is 43.0 Å². The molecule has 18 heavy (non-hydrogen) atoms. The Hall–Kier alpha value is -1.64. The van der Waals surface area contributed by atoms with Gasteiger partial charge in [-0.05, 0) is 35.7 Å². The second-order valence-electron chi connectivity index (χ2n) is 4.31. The predicted molar refractivity (Wildman–Crippen MR) is 79.6 cm³/mol. The van der Waals surface area contributed by atoms with E-state index in [2.05, 4.69) is 23.2 Å². The van der Waals surface area contributed by atoms with Gasteiger partial charge in [-0.15, -0.1) is 11.3 Å². The molecular formula is C15H8ClNS. The average Bonchev–Trinajstić information content (AvgIpc) is 2.72. The number of fused-ring (bicyclic) bond motifs is 4. The number of pyridine rings is 1. The van der Waals surface area contributed by atoms with Crippen LogP contribution in [0.2, 0.25) is 5.02 Å². The van der Waals surface area contributed by atoms with Gasteiger partial charge in [-0.1, -0.05) is 17.7 Å². The lowest BCUT2D eigenvalue weighted by Crippen LogP contribution is -1.74. The summed E-state index contributed by atoms with van der Waals surface area (Å²) in [7, 11) is 0. The number of rotatable bonds is 0. The summed E-state index contributed by atoms with van der Waals surface area (Å²) >= 11 is 7.83. The summed E-state index contributed by atoms with van der Waals surface area (Å²) in [4.78, 5) is 4.17. The van der Waals surface area contributed by atoms with Crippen LogP contribution in [-0.2, 0) is 0 Å². The summed E-state index contributed by atoms with van der Waals surface area (Å²) in [5.74, 6) is 0. The van der Waals surface area contributed by atoms with Crippen LogP contribution >= 0.6 is 22.9 Å². The Balaban J connectivity index is 2.23. The first kappa shape index (κ1) is 10.3. The Bertz CT molecular complexity index is 895. The molecule has 0 amide bonds. The molecule has 0 radical (unpaired) electrons. The van der Waals surface area contributed by atoms with E-state index < -0.39 is 0 Å². The number of nitrogens with zero attached hydrogens (tertiary/aromatic N) is 1. The van der Waals surface area contributed by atoms with Crippen molar-refractivity contribution in [2.45, 2.75) is 0 Å². The largest absolute Gasteiger partial charge is 0.264 e. The zero-order chi connectivity index (χ0) is 12.1. The van der Waals surface area contributed by atoms with Gasteiger partial charge in [0.15, 0.2) is 0 Å². The summed E-state index contributed by atoms with van der Waals surface area (Å²) in [6, 6.07) is 12.6. The predicted octanol–water partition coefficient (Wildman–Crippen LogP) is 5.26. The highest BCUT2D eigenvalue weighted by Crippen LogP contribution is 2.37. The molecule has 4 rings (SSSR count). The fourth-order valence-corrected chi connectivity index (χ4v) is 3.74. The van der Waals surface area contributed by atoms with Crippen molar-refractivity contribution in [1.82, 2.24) is 4.98 Å². The van der Waals surface area contributed by atoms with Gasteiger partial charge in [-0.3, -0.25) is 4.98 Å². The first-order valence-electron chi connectivity index (χ1n) is 5.67. The van der Waals surface area contributed by atoms with E-state index in [1.54, 1.807) is 11.3 Å². The van der Waals surface area contributed by atoms with Crippen LogP contribution in [-0.4, -0.2) is 4.98 Å². The zero-order valence-electron chi connectivity index (χ0n) is 9.35. The van der Waals surface area contributed by atoms with Crippen LogP contribution in [0.25, 0.3) is 30.9 Å². The van der Waals surface area contributed by atoms with Gasteiger partial charge in [0.1, 0.15) is 0 Å². The molecular weight excluding hydrogens is 262 g/mol. The maximum Gasteiger partial charge on any atom is 0.0420 e. The highest BCUT2D eigenvalue weighted by Gasteiger charge is 2.06. The van der Waals surface area contributed by atoms with Crippen LogP contribution in [0.3, 0.4) is 0 Å². The normalized spacial score (nSPS) is 11.6. The van der Waals surface area contributed by atoms with Gasteiger partial charge in [-0.2, -0.15) is 0 Å². The third kappa shape index (κ3) is 1.43. The van der Waals surface area contributed by atoms with Crippen molar-refractivity contribution in [3.63, 3.8) is 0 Å². The molecule has 0 fully saturated rings. The van der Waals surface area contributed by atoms with E-state index in [4.69, 9.17) is 11.6 Å². The van der Waals surface area contributed by atoms with Crippen molar-refractivity contribution < 1.29 is 0 Å². The van der Waals surface area contributed by atoms with Gasteiger partial charge in [0.25, 0.3) is 0 Å². The van der Waals surface area contributed by atoms with E-state index in [0.717, 1.165) is 5.02 Å². The van der Waals surface area contributed by atoms with Gasteiger partial charge < -0.3 is 0 Å². The fraction of sp³-hybridized carbons (Fsp3) is 0. The molecule has 0 spiro atoms. The Labute approximate surface area is 113 Å². The van der Waals surface area contributed by atoms with E-state index >= 15 is 0 Å². The summed E-state index contributed by atoms with van der Waals surface area (Å²) in [6.07, 6.45) is 3.74. The van der Waals surface area contributed by atoms with Gasteiger partial charge in [-0.25, -0.2) is 0 Å². The molecule has 86 valence electrons. The van der Waals surface area contributed by atoms with Crippen LogP contribution in [0.15, 0.2) is 48.8 Å². The van der Waals surface area contributed by atoms with Gasteiger partial charge in [0.05, 0.1) is 0 Å². The molecule has 4 aromatic rings. The van der Waals surface area contributed by atoms with Crippen molar-refractivity contribution in [1.29, 1.82) is 0 Å². The second-order valence-corrected chi connectivity index (χ2v) is 5.83. The van der Waals surface area contributed by atoms with E-state index in [1.165, 1.54) is 30.9 Å². The molecule has 2 heterocycles. The quantitative estimate of drug-likeness (QED) is 0.424. The number of hydrogen-bond acceptors (Lipinski definition) is 2. The Morgan fingerprint density at radius 2 is 1.78 bits per heavy atom. The third-order valence-electron chi connectivity index (χ3n) is 3.19. The van der Waals surface area contributed by atoms with Crippen molar-refractivity contribution in [2.75, 3.05) is 0 Å². The van der Waals surface area contributed by atoms with Crippen LogP contribution < -0.4 is 0 Å². The highest BCUT2D eigenvalue weighted by atomic mass is 35.5. The molecule has 0 aliphatic heterocycles. The molecule has 0 aliphatic carbocycles. The minimum atomic E-state index is 0.792. The molecule has 2 aromatic heterocycles. The number of aromatic nitrogens is 1. The monoisotopic (exact) mass is 269 g/mol. The molecule has 0 unspecified atom stereocenters. The first-order valence-corrected chi connectivity index (χ1v) is 6.86. The minimum absolute atomic E-state index is 0.792. The lowest BCUT2D eigenvalue weighted by atomic mass is 10.1. The summed E-state index contributed by atoms with van der Waals surface area (Å²) in [5.41, 5.74) is 0. The smallest absolute Gasteiger partial charge is 0.0420 e. The molecule has 0 bridgehead atoms. The van der Waals surface area contributed by atoms with Crippen LogP contribution in [0.5, 0.6) is 0 Å². The van der Waals surface area contributed by atoms with Crippen molar-refractivity contribution in [2.24, 2.45) is 0 Å². The SMILES string of the molecule is Clc1ccc2c(c1)sc1cc3cnccc3cc12. The molecule has 2 aromatic carbocycles. The van der Waals surface area contributed by atoms with Crippen molar-refractivity contribution in [3.8, 4) is 0 Å². The van der Waals surface area contributed by atoms with E-state index in [9.17, 15) is 0 Å². The maximum atomic E-state index is 6.05. The molecule has 0 aliphatic rings. The van der Waals surface area contributed by atoms with Crippen LogP contribution in [0, 0.1) is 0 Å². The average molecular weight is 270 g/mol. The number of thiophene rings is 1. The standard InChI is InChI=1S/C15H8ClNS/c16-11-1-2-12-13-5-9-3-4-17-8-10(9)6-14(13)18-15(12)7-11/h1-8H. The molecule has 0 saturated carbocycles. The minimum Gasteiger partial charge on any atom is -0.264 e. The third-order valence-corrected chi connectivity index (χ3v) is 4.54. The molecule has 3 heteroatoms. The highest BCUT2D eigenvalue weighted by molar-refractivity contribution is 7.25. The van der Waals surface area contributed by atoms with E-state index in [1.807, 2.05) is 30.6 Å². The van der Waals surface area contributed by atoms with Crippen molar-refractivity contribution >= 4 is 53.9 Å². The Morgan fingerprint density at radius 1 is 0.889 bits per heavy atom. The van der Waals surface area contributed by atoms with Gasteiger partial charge in [0.2, 0.25) is 0 Å². The van der Waals surface area contributed by atoms with E-state index in [0.29, 0.717) is 0 Å². The zero-order valence-corrected chi connectivity index (χ0v) is 10.9. The number of benzene rings is 2. The van der Waals surface area contributed by atoms with Gasteiger partial charge >= 0.3 is 0 Å². The molecule has 0 saturated heterocycles. The molecule has 1 nitrogen and oxygen atoms in total. The van der Waals surface area contributed by atoms with Crippen LogP contribution in [0.4, 0.5) is 0 Å². The molecule has 0 N–H and O–H groups in total. The lowest BCUT2D eigenvalue weighted by molar-refractivity contribution is 1.37. The summed E-state index contributed by atoms with van der Waals surface area (Å²) in [6.45, 7) is 0. The van der Waals surface area contributed by atoms with Crippen molar-refractivity contribution in [3.05, 3.63) is 53.8 Å². The Kier molecular flexibility index (Phi) is 2.10. The van der Waals surface area contributed by atoms with E-state index in [-0.39, 0.29) is 0 Å². The second kappa shape index (κ2) is 3.67. The molecule has 0 atom stereocenters. The lowest BCUT2D eigenvalue weighted by Gasteiger charge is -1.97. The van der Waals surface area contributed by atoms with Crippen LogP contribution in [0.1, 0.15) is 0 Å². The first-order chi connectivity index (χ1) is 8.81. The number of hydrogen-bond donors (Lipinski definition) is 0. The topological polar surface area (TPSA) is 12.9 Å².